The molecule has 0 aliphatic rings. The molecule has 6 heteroatoms. The fourth-order valence-electron chi connectivity index (χ4n) is 1.33. The molecule has 0 aliphatic carbocycles. The summed E-state index contributed by atoms with van der Waals surface area (Å²) in [4.78, 5) is 4.06. The highest BCUT2D eigenvalue weighted by molar-refractivity contribution is 7.90. The van der Waals surface area contributed by atoms with Gasteiger partial charge in [-0.1, -0.05) is 12.1 Å². The topological polar surface area (TPSA) is 69.4 Å². The number of halogens is 1. The molecule has 0 spiro atoms. The van der Waals surface area contributed by atoms with Crippen molar-refractivity contribution >= 4 is 9.84 Å². The van der Waals surface area contributed by atoms with E-state index in [1.807, 2.05) is 0 Å². The van der Waals surface area contributed by atoms with Crippen molar-refractivity contribution in [1.29, 1.82) is 0 Å². The van der Waals surface area contributed by atoms with Crippen LogP contribution in [0.5, 0.6) is 0 Å². The van der Waals surface area contributed by atoms with Crippen molar-refractivity contribution in [3.63, 3.8) is 0 Å². The van der Waals surface area contributed by atoms with Crippen LogP contribution in [0, 0.1) is 5.82 Å². The van der Waals surface area contributed by atoms with E-state index in [0.29, 0.717) is 5.56 Å². The van der Waals surface area contributed by atoms with Gasteiger partial charge >= 0.3 is 0 Å². The van der Waals surface area contributed by atoms with Gasteiger partial charge in [0.15, 0.2) is 9.84 Å². The zero-order chi connectivity index (χ0) is 11.5. The summed E-state index contributed by atoms with van der Waals surface area (Å²) in [6.07, 6.45) is 1.23. The molecule has 0 saturated carbocycles. The predicted molar refractivity (Wildman–Crippen MR) is 53.4 cm³/mol. The summed E-state index contributed by atoms with van der Waals surface area (Å²) in [6, 6.07) is 4.11. The first kappa shape index (κ1) is 12.1. The van der Waals surface area contributed by atoms with Crippen LogP contribution >= 0.6 is 0 Å². The van der Waals surface area contributed by atoms with Crippen molar-refractivity contribution in [3.8, 4) is 0 Å². The summed E-state index contributed by atoms with van der Waals surface area (Å²) in [5.74, 6) is 4.09. The van der Waals surface area contributed by atoms with E-state index in [2.05, 4.69) is 4.84 Å². The van der Waals surface area contributed by atoms with Gasteiger partial charge in [-0.15, -0.1) is 0 Å². The van der Waals surface area contributed by atoms with Gasteiger partial charge in [0, 0.05) is 6.26 Å². The molecule has 1 aromatic carbocycles. The summed E-state index contributed by atoms with van der Waals surface area (Å²) in [5.41, 5.74) is 0.378. The quantitative estimate of drug-likeness (QED) is 0.776. The molecular weight excluding hydrogens is 221 g/mol. The standard InChI is InChI=1S/C9H12FNO3S/c1-15(12,13)9-7(5-6-14-11)3-2-4-8(9)10/h2-4H,5-6,11H2,1H3. The number of nitrogens with two attached hydrogens (primary N) is 1. The molecule has 0 radical (unpaired) electrons. The fourth-order valence-corrected chi connectivity index (χ4v) is 2.40. The first-order chi connectivity index (χ1) is 6.96. The molecule has 1 rings (SSSR count). The second kappa shape index (κ2) is 4.69. The van der Waals surface area contributed by atoms with Crippen LogP contribution in [0.4, 0.5) is 4.39 Å². The maximum Gasteiger partial charge on any atom is 0.178 e. The average molecular weight is 233 g/mol. The van der Waals surface area contributed by atoms with E-state index >= 15 is 0 Å². The highest BCUT2D eigenvalue weighted by Crippen LogP contribution is 2.19. The van der Waals surface area contributed by atoms with Crippen LogP contribution in [0.15, 0.2) is 23.1 Å². The van der Waals surface area contributed by atoms with E-state index in [-0.39, 0.29) is 17.9 Å². The minimum absolute atomic E-state index is 0.145. The first-order valence-electron chi connectivity index (χ1n) is 4.26. The predicted octanol–water partition coefficient (Wildman–Crippen LogP) is 0.662. The number of hydrogen-bond acceptors (Lipinski definition) is 4. The number of rotatable bonds is 4. The third kappa shape index (κ3) is 2.98. The highest BCUT2D eigenvalue weighted by atomic mass is 32.2. The van der Waals surface area contributed by atoms with Gasteiger partial charge < -0.3 is 4.84 Å². The van der Waals surface area contributed by atoms with Crippen LogP contribution in [0.1, 0.15) is 5.56 Å². The average Bonchev–Trinajstić information content (AvgIpc) is 2.12. The maximum absolute atomic E-state index is 13.3. The second-order valence-corrected chi connectivity index (χ2v) is 5.07. The Morgan fingerprint density at radius 3 is 2.67 bits per heavy atom. The molecular formula is C9H12FNO3S. The lowest BCUT2D eigenvalue weighted by Crippen LogP contribution is -2.10. The van der Waals surface area contributed by atoms with Crippen molar-refractivity contribution in [2.24, 2.45) is 5.90 Å². The van der Waals surface area contributed by atoms with Crippen LogP contribution in [-0.4, -0.2) is 21.3 Å². The highest BCUT2D eigenvalue weighted by Gasteiger charge is 2.17. The molecule has 0 unspecified atom stereocenters. The summed E-state index contributed by atoms with van der Waals surface area (Å²) in [5, 5.41) is 0. The van der Waals surface area contributed by atoms with Gasteiger partial charge in [0.1, 0.15) is 10.7 Å². The molecule has 0 aromatic heterocycles. The summed E-state index contributed by atoms with van der Waals surface area (Å²) >= 11 is 0. The molecule has 0 saturated heterocycles. The van der Waals surface area contributed by atoms with Crippen LogP contribution in [0.25, 0.3) is 0 Å². The monoisotopic (exact) mass is 233 g/mol. The van der Waals surface area contributed by atoms with Gasteiger partial charge in [0.05, 0.1) is 6.61 Å². The van der Waals surface area contributed by atoms with Gasteiger partial charge in [0.2, 0.25) is 0 Å². The Morgan fingerprint density at radius 1 is 1.47 bits per heavy atom. The Balaban J connectivity index is 3.21. The minimum Gasteiger partial charge on any atom is -0.304 e. The summed E-state index contributed by atoms with van der Waals surface area (Å²) < 4.78 is 36.0. The zero-order valence-corrected chi connectivity index (χ0v) is 9.05. The Hall–Kier alpha value is -0.980. The van der Waals surface area contributed by atoms with E-state index in [1.54, 1.807) is 6.07 Å². The Morgan fingerprint density at radius 2 is 2.13 bits per heavy atom. The summed E-state index contributed by atoms with van der Waals surface area (Å²) in [7, 11) is -3.57. The Bertz CT molecular complexity index is 445. The molecule has 0 amide bonds. The lowest BCUT2D eigenvalue weighted by Gasteiger charge is -2.07. The molecule has 84 valence electrons. The van der Waals surface area contributed by atoms with Crippen molar-refractivity contribution in [2.75, 3.05) is 12.9 Å². The van der Waals surface area contributed by atoms with Crippen LogP contribution in [0.2, 0.25) is 0 Å². The fraction of sp³-hybridized carbons (Fsp3) is 0.333. The van der Waals surface area contributed by atoms with Crippen LogP contribution in [-0.2, 0) is 21.1 Å². The molecule has 1 aromatic rings. The van der Waals surface area contributed by atoms with Crippen molar-refractivity contribution in [2.45, 2.75) is 11.3 Å². The van der Waals surface area contributed by atoms with Crippen molar-refractivity contribution in [3.05, 3.63) is 29.6 Å². The lowest BCUT2D eigenvalue weighted by molar-refractivity contribution is 0.140. The number of hydrogen-bond donors (Lipinski definition) is 1. The van der Waals surface area contributed by atoms with E-state index in [1.165, 1.54) is 6.07 Å². The van der Waals surface area contributed by atoms with Crippen molar-refractivity contribution in [1.82, 2.24) is 0 Å². The van der Waals surface area contributed by atoms with E-state index in [0.717, 1.165) is 12.3 Å². The third-order valence-corrected chi connectivity index (χ3v) is 3.11. The molecule has 0 heterocycles. The lowest BCUT2D eigenvalue weighted by atomic mass is 10.1. The largest absolute Gasteiger partial charge is 0.304 e. The maximum atomic E-state index is 13.3. The smallest absolute Gasteiger partial charge is 0.178 e. The Kier molecular flexibility index (Phi) is 3.78. The van der Waals surface area contributed by atoms with Gasteiger partial charge in [-0.05, 0) is 18.1 Å². The first-order valence-corrected chi connectivity index (χ1v) is 6.15. The number of benzene rings is 1. The van der Waals surface area contributed by atoms with E-state index in [9.17, 15) is 12.8 Å². The second-order valence-electron chi connectivity index (χ2n) is 3.12. The van der Waals surface area contributed by atoms with Gasteiger partial charge in [-0.2, -0.15) is 0 Å². The summed E-state index contributed by atoms with van der Waals surface area (Å²) in [6.45, 7) is 0.145. The molecule has 4 nitrogen and oxygen atoms in total. The van der Waals surface area contributed by atoms with Crippen molar-refractivity contribution < 1.29 is 17.6 Å². The molecule has 0 fully saturated rings. The normalized spacial score (nSPS) is 11.7. The van der Waals surface area contributed by atoms with E-state index < -0.39 is 15.7 Å². The zero-order valence-electron chi connectivity index (χ0n) is 8.23. The third-order valence-electron chi connectivity index (χ3n) is 1.91. The molecule has 15 heavy (non-hydrogen) atoms. The number of sulfone groups is 1. The SMILES string of the molecule is CS(=O)(=O)c1c(F)cccc1CCON. The minimum atomic E-state index is -3.57. The molecule has 0 atom stereocenters. The van der Waals surface area contributed by atoms with Crippen LogP contribution < -0.4 is 5.90 Å². The van der Waals surface area contributed by atoms with Crippen LogP contribution in [0.3, 0.4) is 0 Å². The van der Waals surface area contributed by atoms with Gasteiger partial charge in [-0.25, -0.2) is 18.7 Å². The molecule has 0 bridgehead atoms. The van der Waals surface area contributed by atoms with Gasteiger partial charge in [-0.3, -0.25) is 0 Å². The molecule has 0 aliphatic heterocycles. The molecule has 2 N–H and O–H groups in total. The van der Waals surface area contributed by atoms with E-state index in [4.69, 9.17) is 5.90 Å². The van der Waals surface area contributed by atoms with Gasteiger partial charge in [0.25, 0.3) is 0 Å². The Labute approximate surface area is 87.7 Å².